The Morgan fingerprint density at radius 2 is 2.44 bits per heavy atom. The molecular weight excluding hydrogens is 204 g/mol. The van der Waals surface area contributed by atoms with Crippen molar-refractivity contribution in [3.05, 3.63) is 29.8 Å². The normalized spacial score (nSPS) is 19.6. The number of rotatable bonds is 3. The minimum Gasteiger partial charge on any atom is -0.508 e. The molecule has 1 amide bonds. The van der Waals surface area contributed by atoms with Crippen molar-refractivity contribution in [2.45, 2.75) is 18.9 Å². The summed E-state index contributed by atoms with van der Waals surface area (Å²) in [6.07, 6.45) is 2.28. The number of amides is 1. The van der Waals surface area contributed by atoms with Gasteiger partial charge in [0.15, 0.2) is 0 Å². The standard InChI is InChI=1S/C12H16N2O2/c15-11-5-1-3-9(7-11)12(16)14-8-10-4-2-6-13-10/h1,3,5,7,10,13,15H,2,4,6,8H2,(H,14,16). The Bertz CT molecular complexity index is 373. The number of hydrogen-bond acceptors (Lipinski definition) is 3. The van der Waals surface area contributed by atoms with E-state index in [1.54, 1.807) is 18.2 Å². The Morgan fingerprint density at radius 1 is 1.56 bits per heavy atom. The predicted molar refractivity (Wildman–Crippen MR) is 61.5 cm³/mol. The molecule has 1 aliphatic heterocycles. The zero-order chi connectivity index (χ0) is 11.4. The summed E-state index contributed by atoms with van der Waals surface area (Å²) in [6, 6.07) is 6.77. The first-order valence-electron chi connectivity index (χ1n) is 5.56. The second kappa shape index (κ2) is 4.99. The summed E-state index contributed by atoms with van der Waals surface area (Å²) in [7, 11) is 0. The van der Waals surface area contributed by atoms with Crippen molar-refractivity contribution in [1.82, 2.24) is 10.6 Å². The number of aromatic hydroxyl groups is 1. The number of carbonyl (C=O) groups is 1. The minimum absolute atomic E-state index is 0.117. The molecule has 1 saturated heterocycles. The summed E-state index contributed by atoms with van der Waals surface area (Å²) in [5, 5.41) is 15.4. The van der Waals surface area contributed by atoms with Crippen molar-refractivity contribution in [3.8, 4) is 5.75 Å². The molecule has 4 heteroatoms. The van der Waals surface area contributed by atoms with Crippen LogP contribution in [0.5, 0.6) is 5.75 Å². The van der Waals surface area contributed by atoms with Gasteiger partial charge in [-0.05, 0) is 37.6 Å². The molecule has 1 aliphatic rings. The van der Waals surface area contributed by atoms with Crippen LogP contribution in [0.4, 0.5) is 0 Å². The second-order valence-corrected chi connectivity index (χ2v) is 4.05. The molecule has 3 N–H and O–H groups in total. The largest absolute Gasteiger partial charge is 0.508 e. The van der Waals surface area contributed by atoms with Gasteiger partial charge in [-0.3, -0.25) is 4.79 Å². The van der Waals surface area contributed by atoms with Gasteiger partial charge in [0.05, 0.1) is 0 Å². The maximum Gasteiger partial charge on any atom is 0.251 e. The maximum atomic E-state index is 11.7. The maximum absolute atomic E-state index is 11.7. The molecule has 1 aromatic carbocycles. The summed E-state index contributed by atoms with van der Waals surface area (Å²) in [4.78, 5) is 11.7. The molecule has 86 valence electrons. The van der Waals surface area contributed by atoms with Crippen molar-refractivity contribution in [2.24, 2.45) is 0 Å². The lowest BCUT2D eigenvalue weighted by Gasteiger charge is -2.11. The van der Waals surface area contributed by atoms with E-state index in [2.05, 4.69) is 10.6 Å². The number of benzene rings is 1. The SMILES string of the molecule is O=C(NCC1CCCN1)c1cccc(O)c1. The molecular formula is C12H16N2O2. The van der Waals surface area contributed by atoms with Gasteiger partial charge in [0.25, 0.3) is 5.91 Å². The third-order valence-corrected chi connectivity index (χ3v) is 2.78. The number of phenols is 1. The van der Waals surface area contributed by atoms with Gasteiger partial charge in [-0.25, -0.2) is 0 Å². The first-order valence-corrected chi connectivity index (χ1v) is 5.56. The van der Waals surface area contributed by atoms with E-state index in [-0.39, 0.29) is 11.7 Å². The highest BCUT2D eigenvalue weighted by molar-refractivity contribution is 5.94. The molecule has 0 aliphatic carbocycles. The Morgan fingerprint density at radius 3 is 3.12 bits per heavy atom. The number of nitrogens with one attached hydrogen (secondary N) is 2. The predicted octanol–water partition coefficient (Wildman–Crippen LogP) is 0.874. The molecule has 1 atom stereocenters. The fourth-order valence-electron chi connectivity index (χ4n) is 1.90. The fourth-order valence-corrected chi connectivity index (χ4v) is 1.90. The molecule has 0 radical (unpaired) electrons. The van der Waals surface area contributed by atoms with E-state index in [0.29, 0.717) is 18.2 Å². The van der Waals surface area contributed by atoms with Gasteiger partial charge >= 0.3 is 0 Å². The number of phenolic OH excluding ortho intramolecular Hbond substituents is 1. The molecule has 2 rings (SSSR count). The highest BCUT2D eigenvalue weighted by Gasteiger charge is 2.15. The van der Waals surface area contributed by atoms with E-state index in [1.807, 2.05) is 0 Å². The molecule has 0 aromatic heterocycles. The lowest BCUT2D eigenvalue weighted by molar-refractivity contribution is 0.0950. The van der Waals surface area contributed by atoms with Gasteiger partial charge < -0.3 is 15.7 Å². The lowest BCUT2D eigenvalue weighted by atomic mass is 10.2. The van der Waals surface area contributed by atoms with Crippen LogP contribution in [-0.2, 0) is 0 Å². The topological polar surface area (TPSA) is 61.4 Å². The molecule has 0 spiro atoms. The first-order chi connectivity index (χ1) is 7.75. The van der Waals surface area contributed by atoms with Gasteiger partial charge in [-0.1, -0.05) is 6.07 Å². The summed E-state index contributed by atoms with van der Waals surface area (Å²) < 4.78 is 0. The fraction of sp³-hybridized carbons (Fsp3) is 0.417. The van der Waals surface area contributed by atoms with E-state index < -0.39 is 0 Å². The molecule has 1 aromatic rings. The highest BCUT2D eigenvalue weighted by atomic mass is 16.3. The van der Waals surface area contributed by atoms with Crippen LogP contribution in [0.3, 0.4) is 0 Å². The average molecular weight is 220 g/mol. The van der Waals surface area contributed by atoms with Crippen molar-refractivity contribution in [3.63, 3.8) is 0 Å². The first kappa shape index (κ1) is 11.0. The van der Waals surface area contributed by atoms with Crippen LogP contribution in [0.15, 0.2) is 24.3 Å². The van der Waals surface area contributed by atoms with E-state index in [9.17, 15) is 9.90 Å². The lowest BCUT2D eigenvalue weighted by Crippen LogP contribution is -2.37. The van der Waals surface area contributed by atoms with Gasteiger partial charge in [-0.15, -0.1) is 0 Å². The van der Waals surface area contributed by atoms with Crippen molar-refractivity contribution in [1.29, 1.82) is 0 Å². The Kier molecular flexibility index (Phi) is 3.41. The van der Waals surface area contributed by atoms with Gasteiger partial charge in [0.2, 0.25) is 0 Å². The summed E-state index contributed by atoms with van der Waals surface area (Å²) in [5.74, 6) is -0.0174. The summed E-state index contributed by atoms with van der Waals surface area (Å²) in [5.41, 5.74) is 0.498. The van der Waals surface area contributed by atoms with Crippen molar-refractivity contribution >= 4 is 5.91 Å². The van der Waals surface area contributed by atoms with Crippen LogP contribution in [0.25, 0.3) is 0 Å². The average Bonchev–Trinajstić information content (AvgIpc) is 2.78. The van der Waals surface area contributed by atoms with Gasteiger partial charge in [-0.2, -0.15) is 0 Å². The summed E-state index contributed by atoms with van der Waals surface area (Å²) >= 11 is 0. The Balaban J connectivity index is 1.87. The molecule has 1 heterocycles. The number of carbonyl (C=O) groups excluding carboxylic acids is 1. The molecule has 4 nitrogen and oxygen atoms in total. The van der Waals surface area contributed by atoms with E-state index in [0.717, 1.165) is 13.0 Å². The van der Waals surface area contributed by atoms with Crippen molar-refractivity contribution in [2.75, 3.05) is 13.1 Å². The van der Waals surface area contributed by atoms with Crippen molar-refractivity contribution < 1.29 is 9.90 Å². The van der Waals surface area contributed by atoms with E-state index in [4.69, 9.17) is 0 Å². The zero-order valence-electron chi connectivity index (χ0n) is 9.07. The Labute approximate surface area is 94.7 Å². The summed E-state index contributed by atoms with van der Waals surface area (Å²) in [6.45, 7) is 1.68. The monoisotopic (exact) mass is 220 g/mol. The van der Waals surface area contributed by atoms with Gasteiger partial charge in [0.1, 0.15) is 5.75 Å². The molecule has 1 fully saturated rings. The third kappa shape index (κ3) is 2.73. The van der Waals surface area contributed by atoms with Crippen LogP contribution in [-0.4, -0.2) is 30.1 Å². The quantitative estimate of drug-likeness (QED) is 0.708. The Hall–Kier alpha value is -1.55. The smallest absolute Gasteiger partial charge is 0.251 e. The van der Waals surface area contributed by atoms with Crippen LogP contribution in [0, 0.1) is 0 Å². The minimum atomic E-state index is -0.135. The van der Waals surface area contributed by atoms with Crippen LogP contribution < -0.4 is 10.6 Å². The molecule has 0 saturated carbocycles. The van der Waals surface area contributed by atoms with E-state index >= 15 is 0 Å². The third-order valence-electron chi connectivity index (χ3n) is 2.78. The van der Waals surface area contributed by atoms with Gasteiger partial charge in [0, 0.05) is 18.2 Å². The van der Waals surface area contributed by atoms with E-state index in [1.165, 1.54) is 12.5 Å². The second-order valence-electron chi connectivity index (χ2n) is 4.05. The molecule has 1 unspecified atom stereocenters. The van der Waals surface area contributed by atoms with Crippen LogP contribution >= 0.6 is 0 Å². The van der Waals surface area contributed by atoms with Crippen LogP contribution in [0.2, 0.25) is 0 Å². The number of hydrogen-bond donors (Lipinski definition) is 3. The molecule has 0 bridgehead atoms. The molecule has 16 heavy (non-hydrogen) atoms. The highest BCUT2D eigenvalue weighted by Crippen LogP contribution is 2.10. The zero-order valence-corrected chi connectivity index (χ0v) is 9.07. The van der Waals surface area contributed by atoms with Crippen LogP contribution in [0.1, 0.15) is 23.2 Å².